The highest BCUT2D eigenvalue weighted by Gasteiger charge is 2.20. The number of hydrogen-bond donors (Lipinski definition) is 1. The van der Waals surface area contributed by atoms with E-state index in [0.717, 1.165) is 11.3 Å². The summed E-state index contributed by atoms with van der Waals surface area (Å²) in [5, 5.41) is 13.6. The molecule has 0 spiro atoms. The lowest BCUT2D eigenvalue weighted by Crippen LogP contribution is -2.00. The maximum absolute atomic E-state index is 11.4. The van der Waals surface area contributed by atoms with Crippen molar-refractivity contribution in [1.29, 1.82) is 0 Å². The van der Waals surface area contributed by atoms with Gasteiger partial charge in [0, 0.05) is 5.56 Å². The standard InChI is InChI=1S/C14H12N2O4/c1-6-4-9(8(3)19-6)11-5-10(14(17)18)12-7(2)16-20-13(12)15-11/h4-5H,1-3H3,(H,17,18). The van der Waals surface area contributed by atoms with Crippen LogP contribution in [0, 0.1) is 20.8 Å². The molecule has 0 saturated carbocycles. The maximum atomic E-state index is 11.4. The molecule has 3 aromatic heterocycles. The van der Waals surface area contributed by atoms with Crippen molar-refractivity contribution in [1.82, 2.24) is 10.1 Å². The summed E-state index contributed by atoms with van der Waals surface area (Å²) < 4.78 is 10.5. The Hall–Kier alpha value is -2.63. The molecule has 0 aliphatic heterocycles. The van der Waals surface area contributed by atoms with Crippen LogP contribution in [0.5, 0.6) is 0 Å². The van der Waals surface area contributed by atoms with Gasteiger partial charge in [-0.2, -0.15) is 0 Å². The number of nitrogens with zero attached hydrogens (tertiary/aromatic N) is 2. The average molecular weight is 272 g/mol. The molecule has 0 saturated heterocycles. The van der Waals surface area contributed by atoms with E-state index < -0.39 is 5.97 Å². The number of rotatable bonds is 2. The number of fused-ring (bicyclic) bond motifs is 1. The van der Waals surface area contributed by atoms with Crippen molar-refractivity contribution in [3.63, 3.8) is 0 Å². The summed E-state index contributed by atoms with van der Waals surface area (Å²) in [6.07, 6.45) is 0. The Bertz CT molecular complexity index is 829. The lowest BCUT2D eigenvalue weighted by molar-refractivity contribution is 0.0699. The molecule has 3 aromatic rings. The molecule has 0 aliphatic rings. The van der Waals surface area contributed by atoms with Gasteiger partial charge in [0.2, 0.25) is 0 Å². The van der Waals surface area contributed by atoms with Crippen molar-refractivity contribution in [3.8, 4) is 11.3 Å². The second-order valence-corrected chi connectivity index (χ2v) is 4.64. The third-order valence-corrected chi connectivity index (χ3v) is 3.16. The predicted octanol–water partition coefficient (Wildman–Crippen LogP) is 3.11. The van der Waals surface area contributed by atoms with Gasteiger partial charge in [0.15, 0.2) is 0 Å². The molecular weight excluding hydrogens is 260 g/mol. The summed E-state index contributed by atoms with van der Waals surface area (Å²) in [7, 11) is 0. The first-order valence-electron chi connectivity index (χ1n) is 6.05. The summed E-state index contributed by atoms with van der Waals surface area (Å²) in [6, 6.07) is 3.34. The molecular formula is C14H12N2O4. The van der Waals surface area contributed by atoms with Gasteiger partial charge in [-0.1, -0.05) is 5.16 Å². The quantitative estimate of drug-likeness (QED) is 0.771. The average Bonchev–Trinajstić information content (AvgIpc) is 2.92. The zero-order valence-electron chi connectivity index (χ0n) is 11.2. The number of carboxylic acid groups (broad SMARTS) is 1. The molecule has 0 aromatic carbocycles. The van der Waals surface area contributed by atoms with Crippen LogP contribution in [0.1, 0.15) is 27.6 Å². The van der Waals surface area contributed by atoms with Gasteiger partial charge >= 0.3 is 5.97 Å². The third-order valence-electron chi connectivity index (χ3n) is 3.16. The summed E-state index contributed by atoms with van der Waals surface area (Å²) in [4.78, 5) is 15.7. The van der Waals surface area contributed by atoms with E-state index in [9.17, 15) is 9.90 Å². The monoisotopic (exact) mass is 272 g/mol. The first-order chi connectivity index (χ1) is 9.47. The summed E-state index contributed by atoms with van der Waals surface area (Å²) in [5.74, 6) is 0.384. The van der Waals surface area contributed by atoms with Gasteiger partial charge in [0.1, 0.15) is 11.5 Å². The number of furan rings is 1. The van der Waals surface area contributed by atoms with Gasteiger partial charge < -0.3 is 14.0 Å². The topological polar surface area (TPSA) is 89.4 Å². The van der Waals surface area contributed by atoms with E-state index in [2.05, 4.69) is 10.1 Å². The highest BCUT2D eigenvalue weighted by molar-refractivity contribution is 6.03. The van der Waals surface area contributed by atoms with E-state index in [4.69, 9.17) is 8.94 Å². The molecule has 0 aliphatic carbocycles. The van der Waals surface area contributed by atoms with Crippen LogP contribution in [-0.2, 0) is 0 Å². The van der Waals surface area contributed by atoms with Crippen molar-refractivity contribution in [2.45, 2.75) is 20.8 Å². The number of hydrogen-bond acceptors (Lipinski definition) is 5. The summed E-state index contributed by atoms with van der Waals surface area (Å²) in [5.41, 5.74) is 2.11. The first-order valence-corrected chi connectivity index (χ1v) is 6.05. The van der Waals surface area contributed by atoms with Crippen LogP contribution >= 0.6 is 0 Å². The molecule has 0 unspecified atom stereocenters. The van der Waals surface area contributed by atoms with Gasteiger partial charge in [-0.3, -0.25) is 0 Å². The van der Waals surface area contributed by atoms with Gasteiger partial charge in [-0.05, 0) is 32.9 Å². The molecule has 0 atom stereocenters. The fourth-order valence-corrected chi connectivity index (χ4v) is 2.29. The van der Waals surface area contributed by atoms with E-state index in [-0.39, 0.29) is 11.3 Å². The number of aromatic nitrogens is 2. The number of aromatic carboxylic acids is 1. The van der Waals surface area contributed by atoms with Crippen LogP contribution in [-0.4, -0.2) is 21.2 Å². The van der Waals surface area contributed by atoms with Crippen LogP contribution in [0.4, 0.5) is 0 Å². The zero-order chi connectivity index (χ0) is 14.4. The molecule has 20 heavy (non-hydrogen) atoms. The lowest BCUT2D eigenvalue weighted by Gasteiger charge is -2.02. The van der Waals surface area contributed by atoms with Crippen molar-refractivity contribution < 1.29 is 18.8 Å². The Balaban J connectivity index is 2.33. The Morgan fingerprint density at radius 1 is 1.25 bits per heavy atom. The zero-order valence-corrected chi connectivity index (χ0v) is 11.2. The SMILES string of the molecule is Cc1cc(-c2cc(C(=O)O)c3c(C)noc3n2)c(C)o1. The maximum Gasteiger partial charge on any atom is 0.336 e. The number of carbonyl (C=O) groups is 1. The van der Waals surface area contributed by atoms with Gasteiger partial charge in [0.05, 0.1) is 22.3 Å². The van der Waals surface area contributed by atoms with E-state index in [1.54, 1.807) is 13.8 Å². The Labute approximate surface area is 114 Å². The fourth-order valence-electron chi connectivity index (χ4n) is 2.29. The van der Waals surface area contributed by atoms with E-state index in [0.29, 0.717) is 22.5 Å². The second-order valence-electron chi connectivity index (χ2n) is 4.64. The van der Waals surface area contributed by atoms with Crippen molar-refractivity contribution in [2.75, 3.05) is 0 Å². The third kappa shape index (κ3) is 1.77. The number of carboxylic acids is 1. The lowest BCUT2D eigenvalue weighted by atomic mass is 10.1. The Kier molecular flexibility index (Phi) is 2.60. The largest absolute Gasteiger partial charge is 0.478 e. The minimum absolute atomic E-state index is 0.127. The van der Waals surface area contributed by atoms with Crippen molar-refractivity contribution >= 4 is 17.1 Å². The minimum atomic E-state index is -1.04. The normalized spacial score (nSPS) is 11.2. The molecule has 3 rings (SSSR count). The predicted molar refractivity (Wildman–Crippen MR) is 70.7 cm³/mol. The first kappa shape index (κ1) is 12.4. The molecule has 6 nitrogen and oxygen atoms in total. The fraction of sp³-hybridized carbons (Fsp3) is 0.214. The summed E-state index contributed by atoms with van der Waals surface area (Å²) in [6.45, 7) is 5.32. The molecule has 3 heterocycles. The van der Waals surface area contributed by atoms with Crippen LogP contribution in [0.15, 0.2) is 21.1 Å². The Morgan fingerprint density at radius 2 is 2.00 bits per heavy atom. The molecule has 0 radical (unpaired) electrons. The molecule has 0 amide bonds. The van der Waals surface area contributed by atoms with Crippen molar-refractivity contribution in [3.05, 3.63) is 34.9 Å². The highest BCUT2D eigenvalue weighted by atomic mass is 16.5. The molecule has 0 bridgehead atoms. The number of aryl methyl sites for hydroxylation is 3. The van der Waals surface area contributed by atoms with E-state index >= 15 is 0 Å². The molecule has 1 N–H and O–H groups in total. The highest BCUT2D eigenvalue weighted by Crippen LogP contribution is 2.30. The van der Waals surface area contributed by atoms with Gasteiger partial charge in [-0.25, -0.2) is 9.78 Å². The second kappa shape index (κ2) is 4.19. The van der Waals surface area contributed by atoms with E-state index in [1.165, 1.54) is 6.07 Å². The minimum Gasteiger partial charge on any atom is -0.478 e. The van der Waals surface area contributed by atoms with Gasteiger partial charge in [-0.15, -0.1) is 0 Å². The van der Waals surface area contributed by atoms with E-state index in [1.807, 2.05) is 13.0 Å². The number of pyridine rings is 1. The molecule has 0 fully saturated rings. The Morgan fingerprint density at radius 3 is 2.60 bits per heavy atom. The molecule has 102 valence electrons. The summed E-state index contributed by atoms with van der Waals surface area (Å²) >= 11 is 0. The van der Waals surface area contributed by atoms with Crippen LogP contribution in [0.3, 0.4) is 0 Å². The van der Waals surface area contributed by atoms with Crippen molar-refractivity contribution in [2.24, 2.45) is 0 Å². The van der Waals surface area contributed by atoms with Crippen LogP contribution in [0.2, 0.25) is 0 Å². The smallest absolute Gasteiger partial charge is 0.336 e. The van der Waals surface area contributed by atoms with Gasteiger partial charge in [0.25, 0.3) is 5.71 Å². The van der Waals surface area contributed by atoms with Crippen LogP contribution < -0.4 is 0 Å². The van der Waals surface area contributed by atoms with Crippen LogP contribution in [0.25, 0.3) is 22.4 Å². The molecule has 6 heteroatoms.